The van der Waals surface area contributed by atoms with Gasteiger partial charge in [-0.05, 0) is 49.7 Å². The van der Waals surface area contributed by atoms with E-state index in [-0.39, 0.29) is 30.3 Å². The Kier molecular flexibility index (Phi) is 6.79. The summed E-state index contributed by atoms with van der Waals surface area (Å²) in [5, 5.41) is 0.591. The Morgan fingerprint density at radius 1 is 1.06 bits per heavy atom. The second kappa shape index (κ2) is 10.2. The fourth-order valence-electron chi connectivity index (χ4n) is 4.91. The minimum Gasteiger partial charge on any atom is -0.334 e. The molecule has 1 aliphatic heterocycles. The predicted molar refractivity (Wildman–Crippen MR) is 143 cm³/mol. The van der Waals surface area contributed by atoms with Crippen LogP contribution < -0.4 is 4.90 Å². The highest BCUT2D eigenvalue weighted by Gasteiger charge is 2.35. The first-order chi connectivity index (χ1) is 17.4. The van der Waals surface area contributed by atoms with Gasteiger partial charge in [-0.3, -0.25) is 9.59 Å². The standard InChI is InChI=1S/C29H29ClN4O2/c1-20(2)32(17-21-9-4-3-5-10-21)28(36)19-34-26-14-7-6-13-25(26)31-29(34)22-15-27(35)33(18-22)24-12-8-11-23(30)16-24/h3-14,16,20,22H,15,17-19H2,1-2H3. The van der Waals surface area contributed by atoms with Gasteiger partial charge in [0, 0.05) is 42.2 Å². The molecule has 7 heteroatoms. The van der Waals surface area contributed by atoms with Crippen molar-refractivity contribution in [1.82, 2.24) is 14.5 Å². The lowest BCUT2D eigenvalue weighted by Crippen LogP contribution is -2.39. The zero-order chi connectivity index (χ0) is 25.2. The molecule has 0 spiro atoms. The molecule has 4 aromatic rings. The van der Waals surface area contributed by atoms with Gasteiger partial charge in [0.25, 0.3) is 0 Å². The van der Waals surface area contributed by atoms with E-state index in [4.69, 9.17) is 16.6 Å². The molecule has 1 saturated heterocycles. The quantitative estimate of drug-likeness (QED) is 0.329. The Hall–Kier alpha value is -3.64. The molecule has 0 bridgehead atoms. The molecule has 0 radical (unpaired) electrons. The molecule has 0 aliphatic carbocycles. The largest absolute Gasteiger partial charge is 0.334 e. The van der Waals surface area contributed by atoms with Crippen LogP contribution in [0.2, 0.25) is 5.02 Å². The maximum Gasteiger partial charge on any atom is 0.243 e. The molecule has 1 atom stereocenters. The number of hydrogen-bond donors (Lipinski definition) is 0. The molecule has 3 aromatic carbocycles. The number of nitrogens with zero attached hydrogens (tertiary/aromatic N) is 4. The van der Waals surface area contributed by atoms with Crippen molar-refractivity contribution in [3.63, 3.8) is 0 Å². The van der Waals surface area contributed by atoms with Crippen LogP contribution in [0.1, 0.15) is 37.6 Å². The smallest absolute Gasteiger partial charge is 0.243 e. The number of carbonyl (C=O) groups is 2. The second-order valence-electron chi connectivity index (χ2n) is 9.53. The van der Waals surface area contributed by atoms with Gasteiger partial charge < -0.3 is 14.4 Å². The number of hydrogen-bond acceptors (Lipinski definition) is 3. The number of anilines is 1. The van der Waals surface area contributed by atoms with Crippen molar-refractivity contribution in [3.05, 3.63) is 95.3 Å². The van der Waals surface area contributed by atoms with Crippen molar-refractivity contribution in [2.45, 2.75) is 45.3 Å². The van der Waals surface area contributed by atoms with Crippen LogP contribution in [0.4, 0.5) is 5.69 Å². The van der Waals surface area contributed by atoms with Gasteiger partial charge in [-0.25, -0.2) is 4.98 Å². The highest BCUT2D eigenvalue weighted by atomic mass is 35.5. The molecule has 1 fully saturated rings. The van der Waals surface area contributed by atoms with Crippen LogP contribution in [0.15, 0.2) is 78.9 Å². The van der Waals surface area contributed by atoms with Gasteiger partial charge in [-0.15, -0.1) is 0 Å². The molecule has 5 rings (SSSR count). The topological polar surface area (TPSA) is 58.4 Å². The van der Waals surface area contributed by atoms with E-state index in [0.717, 1.165) is 28.1 Å². The predicted octanol–water partition coefficient (Wildman–Crippen LogP) is 5.65. The van der Waals surface area contributed by atoms with Gasteiger partial charge in [0.15, 0.2) is 0 Å². The van der Waals surface area contributed by atoms with Gasteiger partial charge in [0.05, 0.1) is 11.0 Å². The minimum atomic E-state index is -0.127. The Balaban J connectivity index is 1.45. The molecule has 184 valence electrons. The van der Waals surface area contributed by atoms with Gasteiger partial charge in [-0.2, -0.15) is 0 Å². The number of aromatic nitrogens is 2. The summed E-state index contributed by atoms with van der Waals surface area (Å²) in [6.07, 6.45) is 0.335. The zero-order valence-corrected chi connectivity index (χ0v) is 21.2. The molecule has 1 unspecified atom stereocenters. The van der Waals surface area contributed by atoms with Crippen molar-refractivity contribution in [2.24, 2.45) is 0 Å². The van der Waals surface area contributed by atoms with Crippen molar-refractivity contribution < 1.29 is 9.59 Å². The molecule has 1 aromatic heterocycles. The molecule has 2 amide bonds. The number of para-hydroxylation sites is 2. The number of imidazole rings is 1. The Bertz CT molecular complexity index is 1400. The average Bonchev–Trinajstić information content (AvgIpc) is 3.43. The van der Waals surface area contributed by atoms with E-state index in [1.54, 1.807) is 17.0 Å². The van der Waals surface area contributed by atoms with Crippen molar-refractivity contribution in [1.29, 1.82) is 0 Å². The summed E-state index contributed by atoms with van der Waals surface area (Å²) in [4.78, 5) is 35.2. The van der Waals surface area contributed by atoms with Crippen molar-refractivity contribution in [3.8, 4) is 0 Å². The molecule has 0 saturated carbocycles. The van der Waals surface area contributed by atoms with Gasteiger partial charge in [0.1, 0.15) is 12.4 Å². The van der Waals surface area contributed by atoms with E-state index in [0.29, 0.717) is 24.5 Å². The molecule has 36 heavy (non-hydrogen) atoms. The lowest BCUT2D eigenvalue weighted by atomic mass is 10.1. The number of halogens is 1. The van der Waals surface area contributed by atoms with E-state index in [9.17, 15) is 9.59 Å². The first-order valence-electron chi connectivity index (χ1n) is 12.2. The molecule has 2 heterocycles. The number of rotatable bonds is 7. The van der Waals surface area contributed by atoms with Crippen LogP contribution in [-0.2, 0) is 22.7 Å². The lowest BCUT2D eigenvalue weighted by Gasteiger charge is -2.28. The third-order valence-electron chi connectivity index (χ3n) is 6.73. The van der Waals surface area contributed by atoms with Crippen LogP contribution in [0.25, 0.3) is 11.0 Å². The molecule has 0 N–H and O–H groups in total. The van der Waals surface area contributed by atoms with E-state index < -0.39 is 0 Å². The Morgan fingerprint density at radius 3 is 2.56 bits per heavy atom. The zero-order valence-electron chi connectivity index (χ0n) is 20.5. The van der Waals surface area contributed by atoms with Crippen LogP contribution in [0.5, 0.6) is 0 Å². The summed E-state index contributed by atoms with van der Waals surface area (Å²) in [5.41, 5.74) is 3.60. The van der Waals surface area contributed by atoms with E-state index in [1.165, 1.54) is 0 Å². The number of fused-ring (bicyclic) bond motifs is 1. The first-order valence-corrected chi connectivity index (χ1v) is 12.6. The monoisotopic (exact) mass is 500 g/mol. The molecular formula is C29H29ClN4O2. The second-order valence-corrected chi connectivity index (χ2v) is 9.97. The Labute approximate surface area is 216 Å². The fraction of sp³-hybridized carbons (Fsp3) is 0.276. The minimum absolute atomic E-state index is 0.0225. The summed E-state index contributed by atoms with van der Waals surface area (Å²) in [7, 11) is 0. The third kappa shape index (κ3) is 4.86. The Morgan fingerprint density at radius 2 is 1.81 bits per heavy atom. The maximum atomic E-state index is 13.6. The highest BCUT2D eigenvalue weighted by Crippen LogP contribution is 2.34. The van der Waals surface area contributed by atoms with E-state index >= 15 is 0 Å². The third-order valence-corrected chi connectivity index (χ3v) is 6.96. The maximum absolute atomic E-state index is 13.6. The molecule has 6 nitrogen and oxygen atoms in total. The van der Waals surface area contributed by atoms with Gasteiger partial charge in [0.2, 0.25) is 11.8 Å². The molecular weight excluding hydrogens is 472 g/mol. The van der Waals surface area contributed by atoms with Crippen LogP contribution in [0.3, 0.4) is 0 Å². The first kappa shape index (κ1) is 24.1. The van der Waals surface area contributed by atoms with E-state index in [2.05, 4.69) is 0 Å². The summed E-state index contributed by atoms with van der Waals surface area (Å²) >= 11 is 6.18. The number of amides is 2. The van der Waals surface area contributed by atoms with Gasteiger partial charge >= 0.3 is 0 Å². The van der Waals surface area contributed by atoms with Gasteiger partial charge in [-0.1, -0.05) is 60.1 Å². The van der Waals surface area contributed by atoms with E-state index in [1.807, 2.05) is 90.0 Å². The lowest BCUT2D eigenvalue weighted by molar-refractivity contribution is -0.134. The van der Waals surface area contributed by atoms with Crippen LogP contribution in [0, 0.1) is 0 Å². The van der Waals surface area contributed by atoms with Crippen molar-refractivity contribution in [2.75, 3.05) is 11.4 Å². The summed E-state index contributed by atoms with van der Waals surface area (Å²) < 4.78 is 2.00. The van der Waals surface area contributed by atoms with Crippen LogP contribution >= 0.6 is 11.6 Å². The number of carbonyl (C=O) groups excluding carboxylic acids is 2. The van der Waals surface area contributed by atoms with Crippen molar-refractivity contribution >= 4 is 40.1 Å². The highest BCUT2D eigenvalue weighted by molar-refractivity contribution is 6.30. The van der Waals surface area contributed by atoms with Crippen LogP contribution in [-0.4, -0.2) is 38.9 Å². The number of benzene rings is 3. The normalized spacial score (nSPS) is 15.7. The summed E-state index contributed by atoms with van der Waals surface area (Å²) in [6, 6.07) is 25.3. The summed E-state index contributed by atoms with van der Waals surface area (Å²) in [5.74, 6) is 0.693. The fourth-order valence-corrected chi connectivity index (χ4v) is 5.10. The molecule has 1 aliphatic rings. The average molecular weight is 501 g/mol. The summed E-state index contributed by atoms with van der Waals surface area (Å²) in [6.45, 7) is 5.28. The SMILES string of the molecule is CC(C)N(Cc1ccccc1)C(=O)Cn1c(C2CC(=O)N(c3cccc(Cl)c3)C2)nc2ccccc21.